The first-order valence-corrected chi connectivity index (χ1v) is 9.25. The van der Waals surface area contributed by atoms with Crippen LogP contribution in [-0.4, -0.2) is 29.7 Å². The quantitative estimate of drug-likeness (QED) is 0.558. The lowest BCUT2D eigenvalue weighted by atomic mass is 9.89. The lowest BCUT2D eigenvalue weighted by molar-refractivity contribution is -0.127. The fourth-order valence-corrected chi connectivity index (χ4v) is 3.49. The van der Waals surface area contributed by atoms with Gasteiger partial charge >= 0.3 is 0 Å². The van der Waals surface area contributed by atoms with Crippen molar-refractivity contribution >= 4 is 33.7 Å². The van der Waals surface area contributed by atoms with Crippen LogP contribution < -0.4 is 0 Å². The van der Waals surface area contributed by atoms with Crippen LogP contribution in [-0.2, 0) is 4.79 Å². The zero-order valence-electron chi connectivity index (χ0n) is 13.9. The Morgan fingerprint density at radius 3 is 2.28 bits per heavy atom. The van der Waals surface area contributed by atoms with Crippen molar-refractivity contribution in [3.63, 3.8) is 0 Å². The molecule has 1 aliphatic rings. The molecule has 0 unspecified atom stereocenters. The second kappa shape index (κ2) is 8.26. The summed E-state index contributed by atoms with van der Waals surface area (Å²) in [5.41, 5.74) is 1.74. The predicted octanol–water partition coefficient (Wildman–Crippen LogP) is 4.58. The van der Waals surface area contributed by atoms with Gasteiger partial charge in [0.1, 0.15) is 0 Å². The van der Waals surface area contributed by atoms with Gasteiger partial charge in [-0.15, -0.1) is 0 Å². The van der Waals surface area contributed by atoms with E-state index < -0.39 is 0 Å². The Kier molecular flexibility index (Phi) is 5.82. The molecule has 0 radical (unpaired) electrons. The molecule has 0 bridgehead atoms. The van der Waals surface area contributed by atoms with Crippen molar-refractivity contribution in [3.05, 3.63) is 76.3 Å². The number of ketones is 1. The summed E-state index contributed by atoms with van der Waals surface area (Å²) in [5.74, 6) is 0.205. The number of benzene rings is 2. The predicted molar refractivity (Wildman–Crippen MR) is 103 cm³/mol. The van der Waals surface area contributed by atoms with Gasteiger partial charge in [-0.25, -0.2) is 0 Å². The highest BCUT2D eigenvalue weighted by atomic mass is 79.9. The molecule has 3 nitrogen and oxygen atoms in total. The lowest BCUT2D eigenvalue weighted by Crippen LogP contribution is -2.39. The second-order valence-corrected chi connectivity index (χ2v) is 7.04. The van der Waals surface area contributed by atoms with E-state index in [0.717, 1.165) is 28.4 Å². The topological polar surface area (TPSA) is 37.4 Å². The van der Waals surface area contributed by atoms with E-state index in [2.05, 4.69) is 15.9 Å². The third-order valence-corrected chi connectivity index (χ3v) is 5.27. The number of halogens is 1. The molecule has 0 saturated carbocycles. The van der Waals surface area contributed by atoms with E-state index in [-0.39, 0.29) is 17.6 Å². The van der Waals surface area contributed by atoms with Crippen molar-refractivity contribution in [3.8, 4) is 0 Å². The van der Waals surface area contributed by atoms with E-state index in [9.17, 15) is 9.59 Å². The maximum Gasteiger partial charge on any atom is 0.246 e. The molecular weight excluding hydrogens is 378 g/mol. The first-order valence-electron chi connectivity index (χ1n) is 8.46. The summed E-state index contributed by atoms with van der Waals surface area (Å²) in [6.45, 7) is 1.25. The number of hydrogen-bond donors (Lipinski definition) is 0. The average molecular weight is 398 g/mol. The highest BCUT2D eigenvalue weighted by Crippen LogP contribution is 2.22. The monoisotopic (exact) mass is 397 g/mol. The minimum atomic E-state index is 0.00126. The van der Waals surface area contributed by atoms with Crippen molar-refractivity contribution in [2.45, 2.75) is 12.8 Å². The van der Waals surface area contributed by atoms with Crippen LogP contribution in [0.5, 0.6) is 0 Å². The number of carbonyl (C=O) groups is 2. The average Bonchev–Trinajstić information content (AvgIpc) is 2.67. The molecule has 0 aromatic heterocycles. The van der Waals surface area contributed by atoms with E-state index >= 15 is 0 Å². The summed E-state index contributed by atoms with van der Waals surface area (Å²) in [6, 6.07) is 17.2. The van der Waals surface area contributed by atoms with Gasteiger partial charge in [-0.3, -0.25) is 9.59 Å². The van der Waals surface area contributed by atoms with Crippen molar-refractivity contribution in [2.24, 2.45) is 5.92 Å². The van der Waals surface area contributed by atoms with Crippen LogP contribution in [0.1, 0.15) is 28.8 Å². The molecule has 1 aliphatic heterocycles. The highest BCUT2D eigenvalue weighted by Gasteiger charge is 2.27. The minimum absolute atomic E-state index is 0.00126. The molecule has 128 valence electrons. The summed E-state index contributed by atoms with van der Waals surface area (Å²) < 4.78 is 0.964. The van der Waals surface area contributed by atoms with Crippen molar-refractivity contribution in [1.29, 1.82) is 0 Å². The number of Topliss-reactive ketones (excluding diaryl/α,β-unsaturated/α-hetero) is 1. The van der Waals surface area contributed by atoms with E-state index in [1.165, 1.54) is 0 Å². The molecule has 0 N–H and O–H groups in total. The molecule has 0 atom stereocenters. The van der Waals surface area contributed by atoms with Crippen LogP contribution in [0.25, 0.3) is 6.08 Å². The fraction of sp³-hybridized carbons (Fsp3) is 0.238. The van der Waals surface area contributed by atoms with E-state index in [4.69, 9.17) is 0 Å². The molecule has 1 heterocycles. The first kappa shape index (κ1) is 17.6. The molecule has 4 heteroatoms. The number of likely N-dealkylation sites (tertiary alicyclic amines) is 1. The summed E-state index contributed by atoms with van der Waals surface area (Å²) >= 11 is 3.47. The Hall–Kier alpha value is -2.20. The Morgan fingerprint density at radius 2 is 1.60 bits per heavy atom. The molecule has 25 heavy (non-hydrogen) atoms. The van der Waals surface area contributed by atoms with E-state index in [1.54, 1.807) is 6.08 Å². The Balaban J connectivity index is 1.56. The third kappa shape index (κ3) is 4.45. The number of hydrogen-bond acceptors (Lipinski definition) is 2. The zero-order chi connectivity index (χ0) is 17.6. The van der Waals surface area contributed by atoms with Gasteiger partial charge in [-0.1, -0.05) is 64.5 Å². The van der Waals surface area contributed by atoms with Crippen LogP contribution >= 0.6 is 15.9 Å². The minimum Gasteiger partial charge on any atom is -0.339 e. The van der Waals surface area contributed by atoms with Gasteiger partial charge in [0, 0.05) is 35.1 Å². The smallest absolute Gasteiger partial charge is 0.246 e. The first-order chi connectivity index (χ1) is 12.1. The number of piperidine rings is 1. The van der Waals surface area contributed by atoms with Crippen molar-refractivity contribution in [2.75, 3.05) is 13.1 Å². The molecule has 1 amide bonds. The van der Waals surface area contributed by atoms with Gasteiger partial charge < -0.3 is 4.90 Å². The van der Waals surface area contributed by atoms with Gasteiger partial charge in [0.05, 0.1) is 0 Å². The summed E-state index contributed by atoms with van der Waals surface area (Å²) in [7, 11) is 0. The summed E-state index contributed by atoms with van der Waals surface area (Å²) in [6.07, 6.45) is 4.89. The summed E-state index contributed by atoms with van der Waals surface area (Å²) in [5, 5.41) is 0. The molecular formula is C21H20BrNO2. The van der Waals surface area contributed by atoms with Crippen molar-refractivity contribution < 1.29 is 9.59 Å². The Bertz CT molecular complexity index is 777. The number of carbonyl (C=O) groups excluding carboxylic acids is 2. The standard InChI is InChI=1S/C21H20BrNO2/c22-19-9-5-4-6-16(19)10-11-20(24)23-14-12-18(13-15-23)21(25)17-7-2-1-3-8-17/h1-11,18H,12-15H2/b11-10+. The fourth-order valence-electron chi connectivity index (χ4n) is 3.08. The lowest BCUT2D eigenvalue weighted by Gasteiger charge is -2.30. The second-order valence-electron chi connectivity index (χ2n) is 6.18. The van der Waals surface area contributed by atoms with Gasteiger partial charge in [-0.2, -0.15) is 0 Å². The Morgan fingerprint density at radius 1 is 0.960 bits per heavy atom. The summed E-state index contributed by atoms with van der Waals surface area (Å²) in [4.78, 5) is 26.7. The normalized spacial score (nSPS) is 15.5. The molecule has 2 aromatic rings. The van der Waals surface area contributed by atoms with Crippen LogP contribution in [0.2, 0.25) is 0 Å². The molecule has 3 rings (SSSR count). The zero-order valence-corrected chi connectivity index (χ0v) is 15.5. The molecule has 0 spiro atoms. The van der Waals surface area contributed by atoms with Crippen LogP contribution in [0.4, 0.5) is 0 Å². The SMILES string of the molecule is O=C(c1ccccc1)C1CCN(C(=O)/C=C/c2ccccc2Br)CC1. The third-order valence-electron chi connectivity index (χ3n) is 4.55. The largest absolute Gasteiger partial charge is 0.339 e. The van der Waals surface area contributed by atoms with Gasteiger partial charge in [0.15, 0.2) is 5.78 Å². The van der Waals surface area contributed by atoms with Crippen LogP contribution in [0.15, 0.2) is 65.1 Å². The highest BCUT2D eigenvalue weighted by molar-refractivity contribution is 9.10. The number of nitrogens with zero attached hydrogens (tertiary/aromatic N) is 1. The maximum absolute atomic E-state index is 12.5. The van der Waals surface area contributed by atoms with Gasteiger partial charge in [0.2, 0.25) is 5.91 Å². The maximum atomic E-state index is 12.5. The van der Waals surface area contributed by atoms with E-state index in [0.29, 0.717) is 13.1 Å². The van der Waals surface area contributed by atoms with Crippen molar-refractivity contribution in [1.82, 2.24) is 4.90 Å². The van der Waals surface area contributed by atoms with Crippen LogP contribution in [0.3, 0.4) is 0 Å². The Labute approximate surface area is 156 Å². The number of rotatable bonds is 4. The molecule has 1 fully saturated rings. The molecule has 0 aliphatic carbocycles. The molecule has 1 saturated heterocycles. The molecule has 2 aromatic carbocycles. The van der Waals surface area contributed by atoms with Gasteiger partial charge in [0.25, 0.3) is 0 Å². The van der Waals surface area contributed by atoms with Gasteiger partial charge in [-0.05, 0) is 30.5 Å². The van der Waals surface area contributed by atoms with Crippen LogP contribution in [0, 0.1) is 5.92 Å². The van der Waals surface area contributed by atoms with E-state index in [1.807, 2.05) is 65.6 Å². The number of amides is 1.